The molecule has 0 fully saturated rings. The molecule has 0 aliphatic rings. The molecule has 4 unspecified atom stereocenters. The van der Waals surface area contributed by atoms with Gasteiger partial charge in [0.1, 0.15) is 0 Å². The van der Waals surface area contributed by atoms with Crippen LogP contribution in [0.4, 0.5) is 0 Å². The molecule has 0 spiro atoms. The van der Waals surface area contributed by atoms with Crippen LogP contribution in [0.2, 0.25) is 0 Å². The van der Waals surface area contributed by atoms with Crippen molar-refractivity contribution in [1.29, 1.82) is 0 Å². The maximum Gasteiger partial charge on any atom is 0.0795 e. The summed E-state index contributed by atoms with van der Waals surface area (Å²) in [6.45, 7) is 1.20. The maximum absolute atomic E-state index is 9.17. The standard InChI is InChI=1S/2C9H19O5.C7H14O4.4Rf/c2*1-13-6-9(12)3-5-14-7-8(11)2-4-10;1-10-5-7(3-8,4-9)6-11-2;;;;/h2*8-12H,1-7H2;8-9H,1-6H2;;;;/q2*-1;-2;;;;. The molecule has 0 saturated heterocycles. The second-order valence-electron chi connectivity index (χ2n) is 8.62. The van der Waals surface area contributed by atoms with Crippen LogP contribution in [-0.4, -0.2) is 145 Å². The van der Waals surface area contributed by atoms with Crippen molar-refractivity contribution >= 4 is 0 Å². The van der Waals surface area contributed by atoms with Gasteiger partial charge >= 0.3 is 0 Å². The Bertz CT molecular complexity index is 412. The first-order chi connectivity index (χ1) is 18.6. The summed E-state index contributed by atoms with van der Waals surface area (Å²) in [7, 11) is 12.6. The summed E-state index contributed by atoms with van der Waals surface area (Å²) in [5.41, 5.74) is -0.774. The summed E-state index contributed by atoms with van der Waals surface area (Å²) < 4.78 is 28.2. The van der Waals surface area contributed by atoms with E-state index in [-0.39, 0.29) is 66.1 Å². The van der Waals surface area contributed by atoms with Gasteiger partial charge in [-0.05, 0) is 25.7 Å². The van der Waals surface area contributed by atoms with Gasteiger partial charge in [-0.3, -0.25) is 0 Å². The molecular formula is C25H52O14Rf4-4. The topological polar surface area (TPSA) is 217 Å². The number of rotatable bonds is 24. The first-order valence-electron chi connectivity index (χ1n) is 12.4. The van der Waals surface area contributed by atoms with Gasteiger partial charge in [0, 0.05) is 52.9 Å². The molecule has 0 bridgehead atoms. The molecule has 0 heterocycles. The van der Waals surface area contributed by atoms with Crippen LogP contribution in [0.1, 0.15) is 25.7 Å². The van der Waals surface area contributed by atoms with Gasteiger partial charge < -0.3 is 69.3 Å². The van der Waals surface area contributed by atoms with E-state index < -0.39 is 29.8 Å². The summed E-state index contributed by atoms with van der Waals surface area (Å²) in [6, 6.07) is 0. The molecule has 0 aromatic heterocycles. The van der Waals surface area contributed by atoms with E-state index in [1.165, 1.54) is 0 Å². The van der Waals surface area contributed by atoms with Gasteiger partial charge in [-0.1, -0.05) is 0 Å². The first-order valence-corrected chi connectivity index (χ1v) is 12.4. The third-order valence-corrected chi connectivity index (χ3v) is 4.84. The molecule has 0 rings (SSSR count). The Morgan fingerprint density at radius 3 is 1.00 bits per heavy atom. The smallest absolute Gasteiger partial charge is 0.0795 e. The quantitative estimate of drug-likeness (QED) is 0.0395. The number of aliphatic hydroxyl groups excluding tert-OH is 8. The number of aliphatic hydroxyl groups is 8. The minimum Gasteiger partial charge on any atom is -0.554 e. The molecule has 18 heteroatoms. The van der Waals surface area contributed by atoms with Gasteiger partial charge in [-0.2, -0.15) is 0 Å². The molecular weight excluding hydrogens is 1590 g/mol. The molecule has 0 aliphatic carbocycles. The summed E-state index contributed by atoms with van der Waals surface area (Å²) >= 11 is 0. The second kappa shape index (κ2) is 39.6. The third-order valence-electron chi connectivity index (χ3n) is 4.84. The Morgan fingerprint density at radius 1 is 0.465 bits per heavy atom. The second-order valence-corrected chi connectivity index (χ2v) is 8.62. The van der Waals surface area contributed by atoms with Crippen LogP contribution >= 0.6 is 0 Å². The molecule has 0 aliphatic heterocycles. The van der Waals surface area contributed by atoms with E-state index in [9.17, 15) is 10.2 Å². The van der Waals surface area contributed by atoms with E-state index in [4.69, 9.17) is 40.1 Å². The molecule has 43 heavy (non-hydrogen) atoms. The predicted octanol–water partition coefficient (Wildman–Crippen LogP) is -1.82. The van der Waals surface area contributed by atoms with E-state index in [2.05, 4.69) is 47.4 Å². The summed E-state index contributed by atoms with van der Waals surface area (Å²) in [5.74, 6) is 0. The Morgan fingerprint density at radius 2 is 0.767 bits per heavy atom. The monoisotopic (exact) mass is 1640 g/mol. The normalized spacial score (nSPS) is 13.1. The zero-order chi connectivity index (χ0) is 30.4. The average Bonchev–Trinajstić information content (AvgIpc) is 2.90. The fraction of sp³-hybridized carbons (Fsp3) is 0.840. The fourth-order valence-electron chi connectivity index (χ4n) is 2.49. The minimum atomic E-state index is -0.774. The third kappa shape index (κ3) is 37.4. The molecule has 4 atom stereocenters. The van der Waals surface area contributed by atoms with E-state index in [0.717, 1.165) is 0 Å². The molecule has 0 saturated carbocycles. The van der Waals surface area contributed by atoms with Crippen molar-refractivity contribution in [2.45, 2.75) is 50.1 Å². The van der Waals surface area contributed by atoms with Crippen LogP contribution in [0, 0.1) is 33.9 Å². The zero-order valence-electron chi connectivity index (χ0n) is 25.8. The van der Waals surface area contributed by atoms with Gasteiger partial charge in [-0.25, -0.2) is 28.4 Å². The van der Waals surface area contributed by atoms with E-state index in [0.29, 0.717) is 38.9 Å². The van der Waals surface area contributed by atoms with Crippen molar-refractivity contribution in [3.63, 3.8) is 0 Å². The van der Waals surface area contributed by atoms with Crippen LogP contribution in [0.15, 0.2) is 0 Å². The molecule has 8 N–H and O–H groups in total. The van der Waals surface area contributed by atoms with Gasteiger partial charge in [0.25, 0.3) is 0 Å². The molecule has 0 aromatic rings. The van der Waals surface area contributed by atoms with Gasteiger partial charge in [0.15, 0.2) is 0 Å². The van der Waals surface area contributed by atoms with Crippen molar-refractivity contribution in [3.8, 4) is 0 Å². The first kappa shape index (κ1) is 54.5. The average molecular weight is 1640 g/mol. The molecule has 0 amide bonds. The van der Waals surface area contributed by atoms with E-state index in [1.807, 2.05) is 0 Å². The Balaban J connectivity index is -0.0000000871. The SMILES string of the molecule is [CH2-]OCC(CO)(CO)CO[CH2-].[CH2-]OCC(O)CCOCC(O)CCO.[CH2-]OCC(O)CCOCC(O)CCO.[Rf].[Rf].[Rf].[Rf]. The van der Waals surface area contributed by atoms with Crippen molar-refractivity contribution < 1.29 is 69.3 Å². The summed E-state index contributed by atoms with van der Waals surface area (Å²) in [4.78, 5) is 0. The molecule has 0 aromatic carbocycles. The van der Waals surface area contributed by atoms with Crippen molar-refractivity contribution in [2.24, 2.45) is 5.41 Å². The summed E-state index contributed by atoms with van der Waals surface area (Å²) in [6.07, 6.45) is -0.926. The van der Waals surface area contributed by atoms with Gasteiger partial charge in [-0.15, -0.1) is 0 Å². The number of hydrogen-bond donors (Lipinski definition) is 8. The maximum atomic E-state index is 9.17. The Labute approximate surface area is 233 Å². The van der Waals surface area contributed by atoms with Crippen LogP contribution in [0.3, 0.4) is 0 Å². The number of ether oxygens (including phenoxy) is 6. The Hall–Kier alpha value is -4.56. The van der Waals surface area contributed by atoms with Crippen LogP contribution in [0.25, 0.3) is 0 Å². The summed E-state index contributed by atoms with van der Waals surface area (Å²) in [5, 5.41) is 71.3. The molecule has 248 valence electrons. The van der Waals surface area contributed by atoms with Crippen molar-refractivity contribution in [2.75, 3.05) is 79.3 Å². The minimum absolute atomic E-state index is 0. The van der Waals surface area contributed by atoms with Crippen molar-refractivity contribution in [3.05, 3.63) is 28.4 Å². The fourth-order valence-corrected chi connectivity index (χ4v) is 2.49. The predicted molar refractivity (Wildman–Crippen MR) is 140 cm³/mol. The number of hydrogen-bond acceptors (Lipinski definition) is 14. The van der Waals surface area contributed by atoms with Crippen LogP contribution in [-0.2, 0) is 28.4 Å². The van der Waals surface area contributed by atoms with Gasteiger partial charge in [0.2, 0.25) is 0 Å². The molecule has 0 radical (unpaired) electrons. The van der Waals surface area contributed by atoms with Crippen molar-refractivity contribution in [1.82, 2.24) is 0 Å². The zero-order valence-corrected chi connectivity index (χ0v) is 51.4. The van der Waals surface area contributed by atoms with Gasteiger partial charge in [0.05, 0.1) is 56.3 Å². The van der Waals surface area contributed by atoms with E-state index >= 15 is 0 Å². The van der Waals surface area contributed by atoms with E-state index in [1.54, 1.807) is 0 Å². The molecule has 14 nitrogen and oxygen atoms in total. The van der Waals surface area contributed by atoms with Crippen LogP contribution in [0.5, 0.6) is 0 Å². The Kier molecular flexibility index (Phi) is 50.2. The largest absolute Gasteiger partial charge is 0.554 e. The van der Waals surface area contributed by atoms with Crippen LogP contribution < -0.4 is 0 Å².